The molecule has 1 saturated carbocycles. The van der Waals surface area contributed by atoms with Gasteiger partial charge in [0, 0.05) is 25.3 Å². The fourth-order valence-corrected chi connectivity index (χ4v) is 3.71. The highest BCUT2D eigenvalue weighted by molar-refractivity contribution is 5.81. The standard InChI is InChI=1S/C21H25NO2/c1-22(2)15-19-12-13-20(23)14-21(19,24)18-10-8-17(9-11-18)16-6-4-3-5-7-16/h3-11,19,24H,12-15H2,1-2H3/t19-,21-/m1/s1. The Bertz CT molecular complexity index is 694. The van der Waals surface area contributed by atoms with Gasteiger partial charge < -0.3 is 10.0 Å². The summed E-state index contributed by atoms with van der Waals surface area (Å²) in [6.07, 6.45) is 1.53. The molecule has 0 amide bonds. The molecule has 3 nitrogen and oxygen atoms in total. The summed E-state index contributed by atoms with van der Waals surface area (Å²) < 4.78 is 0. The summed E-state index contributed by atoms with van der Waals surface area (Å²) in [5.74, 6) is 0.229. The van der Waals surface area contributed by atoms with Crippen molar-refractivity contribution in [1.29, 1.82) is 0 Å². The number of nitrogens with zero attached hydrogens (tertiary/aromatic N) is 1. The van der Waals surface area contributed by atoms with Gasteiger partial charge in [-0.25, -0.2) is 0 Å². The second-order valence-electron chi connectivity index (χ2n) is 7.08. The van der Waals surface area contributed by atoms with Crippen LogP contribution in [0.25, 0.3) is 11.1 Å². The number of hydrogen-bond donors (Lipinski definition) is 1. The van der Waals surface area contributed by atoms with E-state index >= 15 is 0 Å². The Balaban J connectivity index is 1.91. The maximum Gasteiger partial charge on any atom is 0.136 e. The third kappa shape index (κ3) is 3.42. The Hall–Kier alpha value is -1.97. The van der Waals surface area contributed by atoms with E-state index in [4.69, 9.17) is 0 Å². The molecule has 126 valence electrons. The minimum atomic E-state index is -1.06. The predicted octanol–water partition coefficient (Wildman–Crippen LogP) is 3.47. The second-order valence-corrected chi connectivity index (χ2v) is 7.08. The van der Waals surface area contributed by atoms with Crippen molar-refractivity contribution in [3.05, 3.63) is 60.2 Å². The molecule has 3 rings (SSSR count). The summed E-state index contributed by atoms with van der Waals surface area (Å²) in [6.45, 7) is 0.782. The minimum absolute atomic E-state index is 0.0766. The van der Waals surface area contributed by atoms with E-state index in [0.717, 1.165) is 29.7 Å². The number of carbonyl (C=O) groups is 1. The van der Waals surface area contributed by atoms with Gasteiger partial charge in [-0.2, -0.15) is 0 Å². The molecule has 2 aromatic carbocycles. The summed E-state index contributed by atoms with van der Waals surface area (Å²) in [6, 6.07) is 18.2. The maximum atomic E-state index is 12.0. The average molecular weight is 323 g/mol. The van der Waals surface area contributed by atoms with E-state index in [0.29, 0.717) is 6.42 Å². The normalized spacial score (nSPS) is 24.3. The van der Waals surface area contributed by atoms with Crippen LogP contribution < -0.4 is 0 Å². The molecule has 0 heterocycles. The molecule has 0 spiro atoms. The Morgan fingerprint density at radius 1 is 1.04 bits per heavy atom. The van der Waals surface area contributed by atoms with Gasteiger partial charge in [0.2, 0.25) is 0 Å². The van der Waals surface area contributed by atoms with Crippen LogP contribution >= 0.6 is 0 Å². The first kappa shape index (κ1) is 16.9. The van der Waals surface area contributed by atoms with Crippen molar-refractivity contribution < 1.29 is 9.90 Å². The van der Waals surface area contributed by atoms with Gasteiger partial charge in [-0.1, -0.05) is 54.6 Å². The zero-order valence-corrected chi connectivity index (χ0v) is 14.4. The van der Waals surface area contributed by atoms with E-state index < -0.39 is 5.60 Å². The highest BCUT2D eigenvalue weighted by Crippen LogP contribution is 2.41. The zero-order chi connectivity index (χ0) is 17.2. The van der Waals surface area contributed by atoms with Gasteiger partial charge in [0.05, 0.1) is 0 Å². The first-order valence-corrected chi connectivity index (χ1v) is 8.54. The van der Waals surface area contributed by atoms with Gasteiger partial charge in [0.25, 0.3) is 0 Å². The highest BCUT2D eigenvalue weighted by atomic mass is 16.3. The third-order valence-corrected chi connectivity index (χ3v) is 4.99. The maximum absolute atomic E-state index is 12.0. The lowest BCUT2D eigenvalue weighted by Crippen LogP contribution is -2.45. The number of ketones is 1. The van der Waals surface area contributed by atoms with Crippen LogP contribution in [0.5, 0.6) is 0 Å². The molecular formula is C21H25NO2. The fourth-order valence-electron chi connectivity index (χ4n) is 3.71. The number of aliphatic hydroxyl groups is 1. The number of hydrogen-bond acceptors (Lipinski definition) is 3. The van der Waals surface area contributed by atoms with Crippen molar-refractivity contribution in [2.75, 3.05) is 20.6 Å². The van der Waals surface area contributed by atoms with Crippen molar-refractivity contribution in [2.45, 2.75) is 24.9 Å². The Labute approximate surface area is 143 Å². The summed E-state index contributed by atoms with van der Waals surface area (Å²) in [7, 11) is 4.02. The number of rotatable bonds is 4. The number of Topliss-reactive ketones (excluding diaryl/α,β-unsaturated/α-hetero) is 1. The van der Waals surface area contributed by atoms with E-state index in [1.807, 2.05) is 56.6 Å². The van der Waals surface area contributed by atoms with Gasteiger partial charge >= 0.3 is 0 Å². The molecule has 0 radical (unpaired) electrons. The number of benzene rings is 2. The molecule has 0 bridgehead atoms. The number of carbonyl (C=O) groups excluding carboxylic acids is 1. The van der Waals surface area contributed by atoms with Crippen molar-refractivity contribution in [3.8, 4) is 11.1 Å². The molecule has 0 aromatic heterocycles. The Morgan fingerprint density at radius 2 is 1.67 bits per heavy atom. The molecule has 0 unspecified atom stereocenters. The average Bonchev–Trinajstić information content (AvgIpc) is 2.58. The van der Waals surface area contributed by atoms with Crippen LogP contribution in [0.4, 0.5) is 0 Å². The molecule has 1 N–H and O–H groups in total. The van der Waals surface area contributed by atoms with Crippen LogP contribution in [0, 0.1) is 5.92 Å². The van der Waals surface area contributed by atoms with Crippen molar-refractivity contribution in [1.82, 2.24) is 4.90 Å². The second kappa shape index (κ2) is 6.88. The predicted molar refractivity (Wildman–Crippen MR) is 96.7 cm³/mol. The first-order valence-electron chi connectivity index (χ1n) is 8.54. The lowest BCUT2D eigenvalue weighted by atomic mass is 9.70. The lowest BCUT2D eigenvalue weighted by Gasteiger charge is -2.41. The molecule has 1 aliphatic rings. The molecule has 2 atom stereocenters. The zero-order valence-electron chi connectivity index (χ0n) is 14.4. The largest absolute Gasteiger partial charge is 0.384 e. The molecule has 0 saturated heterocycles. The van der Waals surface area contributed by atoms with Gasteiger partial charge in [0.1, 0.15) is 11.4 Å². The monoisotopic (exact) mass is 323 g/mol. The molecule has 0 aliphatic heterocycles. The topological polar surface area (TPSA) is 40.5 Å². The summed E-state index contributed by atoms with van der Waals surface area (Å²) >= 11 is 0. The quantitative estimate of drug-likeness (QED) is 0.936. The molecular weight excluding hydrogens is 298 g/mol. The molecule has 3 heteroatoms. The van der Waals surface area contributed by atoms with Gasteiger partial charge in [-0.3, -0.25) is 4.79 Å². The smallest absolute Gasteiger partial charge is 0.136 e. The molecule has 2 aromatic rings. The van der Waals surface area contributed by atoms with Crippen LogP contribution in [0.15, 0.2) is 54.6 Å². The SMILES string of the molecule is CN(C)C[C@H]1CCC(=O)C[C@@]1(O)c1ccc(-c2ccccc2)cc1. The lowest BCUT2D eigenvalue weighted by molar-refractivity contribution is -0.135. The van der Waals surface area contributed by atoms with Crippen LogP contribution in [-0.2, 0) is 10.4 Å². The van der Waals surface area contributed by atoms with E-state index in [-0.39, 0.29) is 18.1 Å². The van der Waals surface area contributed by atoms with Gasteiger partial charge in [0.15, 0.2) is 0 Å². The third-order valence-electron chi connectivity index (χ3n) is 4.99. The molecule has 1 fully saturated rings. The van der Waals surface area contributed by atoms with Gasteiger partial charge in [-0.15, -0.1) is 0 Å². The fraction of sp³-hybridized carbons (Fsp3) is 0.381. The summed E-state index contributed by atoms with van der Waals surface area (Å²) in [4.78, 5) is 14.1. The minimum Gasteiger partial charge on any atom is -0.384 e. The van der Waals surface area contributed by atoms with Crippen molar-refractivity contribution >= 4 is 5.78 Å². The van der Waals surface area contributed by atoms with Crippen LogP contribution in [0.3, 0.4) is 0 Å². The summed E-state index contributed by atoms with van der Waals surface area (Å²) in [5, 5.41) is 11.3. The molecule has 1 aliphatic carbocycles. The Kier molecular flexibility index (Phi) is 4.83. The van der Waals surface area contributed by atoms with E-state index in [1.54, 1.807) is 0 Å². The van der Waals surface area contributed by atoms with Crippen molar-refractivity contribution in [2.24, 2.45) is 5.92 Å². The Morgan fingerprint density at radius 3 is 2.29 bits per heavy atom. The van der Waals surface area contributed by atoms with Crippen LogP contribution in [-0.4, -0.2) is 36.4 Å². The van der Waals surface area contributed by atoms with E-state index in [1.165, 1.54) is 0 Å². The highest BCUT2D eigenvalue weighted by Gasteiger charge is 2.43. The van der Waals surface area contributed by atoms with E-state index in [2.05, 4.69) is 17.0 Å². The summed E-state index contributed by atoms with van der Waals surface area (Å²) in [5.41, 5.74) is 2.06. The van der Waals surface area contributed by atoms with Crippen LogP contribution in [0.2, 0.25) is 0 Å². The van der Waals surface area contributed by atoms with Gasteiger partial charge in [-0.05, 0) is 37.2 Å². The van der Waals surface area contributed by atoms with E-state index in [9.17, 15) is 9.90 Å². The molecule has 24 heavy (non-hydrogen) atoms. The van der Waals surface area contributed by atoms with Crippen molar-refractivity contribution in [3.63, 3.8) is 0 Å². The first-order chi connectivity index (χ1) is 11.5. The van der Waals surface area contributed by atoms with Crippen LogP contribution in [0.1, 0.15) is 24.8 Å².